The SMILES string of the molecule is O=C(Nc1cccc2cn(Cc3ccc(CC4=NCCN4)cc3)c(O)c12)c1ccc(Cl)s1. The summed E-state index contributed by atoms with van der Waals surface area (Å²) < 4.78 is 2.35. The van der Waals surface area contributed by atoms with Crippen molar-refractivity contribution in [2.75, 3.05) is 18.4 Å². The summed E-state index contributed by atoms with van der Waals surface area (Å²) in [5, 5.41) is 18.6. The monoisotopic (exact) mass is 464 g/mol. The second kappa shape index (κ2) is 8.68. The van der Waals surface area contributed by atoms with Gasteiger partial charge in [-0.2, -0.15) is 0 Å². The second-order valence-corrected chi connectivity index (χ2v) is 9.37. The Morgan fingerprint density at radius 1 is 1.16 bits per heavy atom. The van der Waals surface area contributed by atoms with Gasteiger partial charge >= 0.3 is 0 Å². The van der Waals surface area contributed by atoms with Gasteiger partial charge in [0, 0.05) is 24.5 Å². The van der Waals surface area contributed by atoms with Gasteiger partial charge in [-0.15, -0.1) is 11.3 Å². The van der Waals surface area contributed by atoms with Crippen molar-refractivity contribution in [1.82, 2.24) is 9.88 Å². The number of anilines is 1. The van der Waals surface area contributed by atoms with Crippen molar-refractivity contribution in [3.05, 3.63) is 81.1 Å². The maximum atomic E-state index is 12.6. The van der Waals surface area contributed by atoms with Gasteiger partial charge in [0.15, 0.2) is 0 Å². The number of aliphatic imine (C=N–C) groups is 1. The van der Waals surface area contributed by atoms with Crippen LogP contribution in [-0.4, -0.2) is 34.5 Å². The zero-order valence-corrected chi connectivity index (χ0v) is 18.7. The molecule has 0 aliphatic carbocycles. The first-order valence-electron chi connectivity index (χ1n) is 10.3. The molecule has 3 heterocycles. The summed E-state index contributed by atoms with van der Waals surface area (Å²) in [6, 6.07) is 17.3. The molecule has 3 N–H and O–H groups in total. The molecule has 0 bridgehead atoms. The van der Waals surface area contributed by atoms with Crippen molar-refractivity contribution in [3.63, 3.8) is 0 Å². The van der Waals surface area contributed by atoms with Gasteiger partial charge in [-0.3, -0.25) is 9.79 Å². The number of thiophene rings is 1. The molecule has 32 heavy (non-hydrogen) atoms. The van der Waals surface area contributed by atoms with Gasteiger partial charge < -0.3 is 20.3 Å². The minimum absolute atomic E-state index is 0.119. The zero-order chi connectivity index (χ0) is 22.1. The lowest BCUT2D eigenvalue weighted by atomic mass is 10.1. The number of nitrogens with zero attached hydrogens (tertiary/aromatic N) is 2. The van der Waals surface area contributed by atoms with E-state index >= 15 is 0 Å². The highest BCUT2D eigenvalue weighted by atomic mass is 35.5. The molecular formula is C24H21ClN4O2S. The quantitative estimate of drug-likeness (QED) is 0.379. The molecule has 1 aliphatic heterocycles. The topological polar surface area (TPSA) is 78.7 Å². The molecule has 2 aromatic carbocycles. The number of nitrogens with one attached hydrogen (secondary N) is 2. The molecule has 1 aliphatic rings. The van der Waals surface area contributed by atoms with Crippen LogP contribution in [0.2, 0.25) is 4.34 Å². The van der Waals surface area contributed by atoms with Crippen molar-refractivity contribution in [2.45, 2.75) is 13.0 Å². The molecule has 0 spiro atoms. The van der Waals surface area contributed by atoms with Gasteiger partial charge in [-0.25, -0.2) is 0 Å². The number of aromatic nitrogens is 1. The molecule has 0 unspecified atom stereocenters. The van der Waals surface area contributed by atoms with Crippen LogP contribution in [0.15, 0.2) is 65.8 Å². The summed E-state index contributed by atoms with van der Waals surface area (Å²) in [6.07, 6.45) is 2.70. The van der Waals surface area contributed by atoms with Crippen LogP contribution in [0.4, 0.5) is 5.69 Å². The fourth-order valence-electron chi connectivity index (χ4n) is 3.86. The molecule has 0 saturated carbocycles. The second-order valence-electron chi connectivity index (χ2n) is 7.66. The number of hydrogen-bond acceptors (Lipinski definition) is 5. The van der Waals surface area contributed by atoms with Gasteiger partial charge in [-0.1, -0.05) is 48.0 Å². The number of halogens is 1. The molecule has 0 fully saturated rings. The van der Waals surface area contributed by atoms with Crippen LogP contribution in [0.25, 0.3) is 10.8 Å². The minimum Gasteiger partial charge on any atom is -0.494 e. The maximum absolute atomic E-state index is 12.6. The Morgan fingerprint density at radius 3 is 2.69 bits per heavy atom. The van der Waals surface area contributed by atoms with E-state index in [1.165, 1.54) is 16.9 Å². The van der Waals surface area contributed by atoms with Gasteiger partial charge in [0.2, 0.25) is 5.88 Å². The Kier molecular flexibility index (Phi) is 5.59. The molecule has 4 aromatic rings. The van der Waals surface area contributed by atoms with Crippen LogP contribution < -0.4 is 10.6 Å². The van der Waals surface area contributed by atoms with E-state index in [1.54, 1.807) is 22.8 Å². The lowest BCUT2D eigenvalue weighted by molar-refractivity contribution is 0.103. The van der Waals surface area contributed by atoms with Gasteiger partial charge in [0.25, 0.3) is 5.91 Å². The van der Waals surface area contributed by atoms with Crippen LogP contribution in [-0.2, 0) is 13.0 Å². The third kappa shape index (κ3) is 4.22. The number of rotatable bonds is 6. The summed E-state index contributed by atoms with van der Waals surface area (Å²) in [5.74, 6) is 0.902. The highest BCUT2D eigenvalue weighted by Crippen LogP contribution is 2.35. The predicted octanol–water partition coefficient (Wildman–Crippen LogP) is 4.91. The van der Waals surface area contributed by atoms with Crippen LogP contribution in [0.1, 0.15) is 20.8 Å². The van der Waals surface area contributed by atoms with E-state index in [-0.39, 0.29) is 11.8 Å². The van der Waals surface area contributed by atoms with Crippen molar-refractivity contribution in [1.29, 1.82) is 0 Å². The van der Waals surface area contributed by atoms with Crippen molar-refractivity contribution < 1.29 is 9.90 Å². The molecule has 0 radical (unpaired) electrons. The van der Waals surface area contributed by atoms with Gasteiger partial charge in [-0.05, 0) is 29.3 Å². The third-order valence-electron chi connectivity index (χ3n) is 5.42. The molecule has 6 nitrogen and oxygen atoms in total. The number of aromatic hydroxyl groups is 1. The fourth-order valence-corrected chi connectivity index (χ4v) is 4.80. The van der Waals surface area contributed by atoms with Crippen LogP contribution >= 0.6 is 22.9 Å². The van der Waals surface area contributed by atoms with E-state index in [0.29, 0.717) is 26.8 Å². The molecule has 0 saturated heterocycles. The Labute approximate surface area is 194 Å². The highest BCUT2D eigenvalue weighted by molar-refractivity contribution is 7.18. The Hall–Kier alpha value is -3.29. The minimum atomic E-state index is -0.251. The molecular weight excluding hydrogens is 444 g/mol. The normalized spacial score (nSPS) is 13.2. The van der Waals surface area contributed by atoms with Crippen molar-refractivity contribution in [3.8, 4) is 5.88 Å². The van der Waals surface area contributed by atoms with E-state index in [2.05, 4.69) is 39.9 Å². The van der Waals surface area contributed by atoms with E-state index in [1.807, 2.05) is 18.3 Å². The van der Waals surface area contributed by atoms with Crippen LogP contribution in [0.5, 0.6) is 5.88 Å². The van der Waals surface area contributed by atoms with Crippen LogP contribution in [0, 0.1) is 0 Å². The number of benzene rings is 2. The maximum Gasteiger partial charge on any atom is 0.265 e. The lowest BCUT2D eigenvalue weighted by Gasteiger charge is -2.08. The summed E-state index contributed by atoms with van der Waals surface area (Å²) in [7, 11) is 0. The Balaban J connectivity index is 1.36. The molecule has 8 heteroatoms. The highest BCUT2D eigenvalue weighted by Gasteiger charge is 2.16. The largest absolute Gasteiger partial charge is 0.494 e. The van der Waals surface area contributed by atoms with E-state index < -0.39 is 0 Å². The Bertz CT molecular complexity index is 1320. The summed E-state index contributed by atoms with van der Waals surface area (Å²) in [4.78, 5) is 17.5. The summed E-state index contributed by atoms with van der Waals surface area (Å²) >= 11 is 7.16. The number of carbonyl (C=O) groups is 1. The first-order chi connectivity index (χ1) is 15.6. The average Bonchev–Trinajstić information content (AvgIpc) is 3.52. The van der Waals surface area contributed by atoms with E-state index in [0.717, 1.165) is 36.3 Å². The first kappa shape index (κ1) is 20.6. The predicted molar refractivity (Wildman–Crippen MR) is 130 cm³/mol. The molecule has 162 valence electrons. The van der Waals surface area contributed by atoms with Crippen LogP contribution in [0.3, 0.4) is 0 Å². The molecule has 1 amide bonds. The molecule has 0 atom stereocenters. The van der Waals surface area contributed by atoms with Crippen molar-refractivity contribution >= 4 is 51.1 Å². The number of hydrogen-bond donors (Lipinski definition) is 3. The third-order valence-corrected chi connectivity index (χ3v) is 6.65. The number of amides is 1. The Morgan fingerprint density at radius 2 is 1.97 bits per heavy atom. The van der Waals surface area contributed by atoms with Crippen molar-refractivity contribution in [2.24, 2.45) is 4.99 Å². The fraction of sp³-hybridized carbons (Fsp3) is 0.167. The first-order valence-corrected chi connectivity index (χ1v) is 11.5. The zero-order valence-electron chi connectivity index (χ0n) is 17.1. The molecule has 2 aromatic heterocycles. The smallest absolute Gasteiger partial charge is 0.265 e. The summed E-state index contributed by atoms with van der Waals surface area (Å²) in [6.45, 7) is 2.28. The van der Waals surface area contributed by atoms with Gasteiger partial charge in [0.1, 0.15) is 5.84 Å². The lowest BCUT2D eigenvalue weighted by Crippen LogP contribution is -2.20. The number of amidine groups is 1. The van der Waals surface area contributed by atoms with Gasteiger partial charge in [0.05, 0.1) is 33.4 Å². The average molecular weight is 465 g/mol. The number of fused-ring (bicyclic) bond motifs is 1. The van der Waals surface area contributed by atoms with E-state index in [9.17, 15) is 9.90 Å². The summed E-state index contributed by atoms with van der Waals surface area (Å²) in [5.41, 5.74) is 2.83. The standard InChI is InChI=1S/C24H21ClN4O2S/c25-20-9-8-19(32-20)23(30)28-18-3-1-2-17-14-29(24(31)22(17)18)13-16-6-4-15(5-7-16)12-21-26-10-11-27-21/h1-9,14,31H,10-13H2,(H,26,27)(H,28,30). The van der Waals surface area contributed by atoms with E-state index in [4.69, 9.17) is 11.6 Å². The number of carbonyl (C=O) groups excluding carboxylic acids is 1. The molecule has 5 rings (SSSR count).